The van der Waals surface area contributed by atoms with Gasteiger partial charge >= 0.3 is 0 Å². The number of benzene rings is 1. The summed E-state index contributed by atoms with van der Waals surface area (Å²) >= 11 is 1.55. The van der Waals surface area contributed by atoms with Crippen LogP contribution in [-0.4, -0.2) is 64.5 Å². The second-order valence-electron chi connectivity index (χ2n) is 7.22. The Balaban J connectivity index is 1.18. The van der Waals surface area contributed by atoms with Crippen molar-refractivity contribution >= 4 is 28.8 Å². The third-order valence-corrected chi connectivity index (χ3v) is 5.69. The van der Waals surface area contributed by atoms with Gasteiger partial charge in [-0.1, -0.05) is 0 Å². The molecular weight excluding hydrogens is 421 g/mol. The molecule has 0 spiro atoms. The van der Waals surface area contributed by atoms with Crippen LogP contribution in [0.5, 0.6) is 0 Å². The lowest BCUT2D eigenvalue weighted by Crippen LogP contribution is -2.50. The van der Waals surface area contributed by atoms with E-state index in [1.54, 1.807) is 16.2 Å². The van der Waals surface area contributed by atoms with Crippen LogP contribution >= 0.6 is 11.3 Å². The van der Waals surface area contributed by atoms with Gasteiger partial charge < -0.3 is 14.6 Å². The Kier molecular flexibility index (Phi) is 6.68. The second kappa shape index (κ2) is 9.80. The van der Waals surface area contributed by atoms with Crippen LogP contribution in [0, 0.1) is 5.82 Å². The van der Waals surface area contributed by atoms with Crippen molar-refractivity contribution in [3.05, 3.63) is 52.8 Å². The standard InChI is InChI=1S/C21H22FN5O3S/c22-16-1-3-17(4-2-16)23-18(28)13-26-8-10-27(11-9-26)20(29)6-5-19-24-25-21(30-19)15-7-12-31-14-15/h1-4,7,12,14H,5-6,8-11,13H2,(H,23,28). The van der Waals surface area contributed by atoms with E-state index >= 15 is 0 Å². The largest absolute Gasteiger partial charge is 0.421 e. The number of carbonyl (C=O) groups is 2. The van der Waals surface area contributed by atoms with E-state index < -0.39 is 0 Å². The number of amides is 2. The molecule has 31 heavy (non-hydrogen) atoms. The maximum atomic E-state index is 12.9. The lowest BCUT2D eigenvalue weighted by atomic mass is 10.2. The highest BCUT2D eigenvalue weighted by Gasteiger charge is 2.23. The van der Waals surface area contributed by atoms with Crippen molar-refractivity contribution in [2.24, 2.45) is 0 Å². The first-order valence-electron chi connectivity index (χ1n) is 9.97. The van der Waals surface area contributed by atoms with E-state index in [4.69, 9.17) is 4.42 Å². The number of nitrogens with one attached hydrogen (secondary N) is 1. The number of nitrogens with zero attached hydrogens (tertiary/aromatic N) is 4. The number of hydrogen-bond donors (Lipinski definition) is 1. The molecule has 0 bridgehead atoms. The average molecular weight is 444 g/mol. The number of hydrogen-bond acceptors (Lipinski definition) is 7. The molecule has 3 aromatic rings. The first-order chi connectivity index (χ1) is 15.1. The molecule has 1 saturated heterocycles. The monoisotopic (exact) mass is 443 g/mol. The van der Waals surface area contributed by atoms with Crippen molar-refractivity contribution < 1.29 is 18.4 Å². The van der Waals surface area contributed by atoms with Crippen molar-refractivity contribution in [1.29, 1.82) is 0 Å². The van der Waals surface area contributed by atoms with E-state index in [-0.39, 0.29) is 24.2 Å². The van der Waals surface area contributed by atoms with Gasteiger partial charge in [0.1, 0.15) is 5.82 Å². The Labute approximate surface area is 182 Å². The molecule has 1 aliphatic rings. The molecular formula is C21H22FN5O3S. The third kappa shape index (κ3) is 5.74. The first kappa shape index (κ1) is 21.1. The quantitative estimate of drug-likeness (QED) is 0.604. The maximum absolute atomic E-state index is 12.9. The van der Waals surface area contributed by atoms with Crippen LogP contribution in [0.25, 0.3) is 11.5 Å². The van der Waals surface area contributed by atoms with E-state index in [0.29, 0.717) is 56.5 Å². The molecule has 4 rings (SSSR count). The van der Waals surface area contributed by atoms with Crippen molar-refractivity contribution in [3.8, 4) is 11.5 Å². The Bertz CT molecular complexity index is 1010. The molecule has 1 aliphatic heterocycles. The fourth-order valence-electron chi connectivity index (χ4n) is 3.32. The number of halogens is 1. The van der Waals surface area contributed by atoms with Gasteiger partial charge in [-0.05, 0) is 35.7 Å². The SMILES string of the molecule is O=C(CN1CCN(C(=O)CCc2nnc(-c3ccsc3)o2)CC1)Nc1ccc(F)cc1. The van der Waals surface area contributed by atoms with E-state index in [2.05, 4.69) is 15.5 Å². The van der Waals surface area contributed by atoms with Crippen molar-refractivity contribution in [2.45, 2.75) is 12.8 Å². The van der Waals surface area contributed by atoms with Crippen LogP contribution in [-0.2, 0) is 16.0 Å². The van der Waals surface area contributed by atoms with Crippen molar-refractivity contribution in [2.75, 3.05) is 38.0 Å². The lowest BCUT2D eigenvalue weighted by molar-refractivity contribution is -0.133. The normalized spacial score (nSPS) is 14.5. The minimum Gasteiger partial charge on any atom is -0.421 e. The Morgan fingerprint density at radius 3 is 2.58 bits per heavy atom. The molecule has 162 valence electrons. The fraction of sp³-hybridized carbons (Fsp3) is 0.333. The summed E-state index contributed by atoms with van der Waals surface area (Å²) < 4.78 is 18.6. The third-order valence-electron chi connectivity index (χ3n) is 5.01. The predicted octanol–water partition coefficient (Wildman–Crippen LogP) is 2.65. The molecule has 1 N–H and O–H groups in total. The molecule has 8 nitrogen and oxygen atoms in total. The van der Waals surface area contributed by atoms with Crippen molar-refractivity contribution in [1.82, 2.24) is 20.0 Å². The molecule has 2 aromatic heterocycles. The van der Waals surface area contributed by atoms with Gasteiger partial charge in [-0.15, -0.1) is 10.2 Å². The van der Waals surface area contributed by atoms with Crippen LogP contribution in [0.3, 0.4) is 0 Å². The molecule has 0 saturated carbocycles. The van der Waals surface area contributed by atoms with Crippen molar-refractivity contribution in [3.63, 3.8) is 0 Å². The van der Waals surface area contributed by atoms with Gasteiger partial charge in [0.2, 0.25) is 23.6 Å². The summed E-state index contributed by atoms with van der Waals surface area (Å²) in [7, 11) is 0. The topological polar surface area (TPSA) is 91.6 Å². The summed E-state index contributed by atoms with van der Waals surface area (Å²) in [4.78, 5) is 28.5. The first-order valence-corrected chi connectivity index (χ1v) is 10.9. The van der Waals surface area contributed by atoms with Gasteiger partial charge in [-0.3, -0.25) is 14.5 Å². The van der Waals surface area contributed by atoms with Crippen LogP contribution in [0.1, 0.15) is 12.3 Å². The van der Waals surface area contributed by atoms with E-state index in [1.165, 1.54) is 24.3 Å². The molecule has 0 unspecified atom stereocenters. The number of rotatable bonds is 7. The number of aryl methyl sites for hydroxylation is 1. The number of carbonyl (C=O) groups excluding carboxylic acids is 2. The smallest absolute Gasteiger partial charge is 0.248 e. The summed E-state index contributed by atoms with van der Waals surface area (Å²) in [6.45, 7) is 2.59. The summed E-state index contributed by atoms with van der Waals surface area (Å²) in [5.74, 6) is 0.442. The molecule has 0 aliphatic carbocycles. The minimum absolute atomic E-state index is 0.0331. The zero-order chi connectivity index (χ0) is 21.6. The van der Waals surface area contributed by atoms with Gasteiger partial charge in [0.05, 0.1) is 6.54 Å². The Morgan fingerprint density at radius 2 is 1.87 bits per heavy atom. The molecule has 0 radical (unpaired) electrons. The van der Waals surface area contributed by atoms with Crippen LogP contribution in [0.15, 0.2) is 45.5 Å². The number of aromatic nitrogens is 2. The van der Waals surface area contributed by atoms with Gasteiger partial charge in [0.15, 0.2) is 0 Å². The zero-order valence-corrected chi connectivity index (χ0v) is 17.6. The molecule has 1 fully saturated rings. The highest BCUT2D eigenvalue weighted by atomic mass is 32.1. The number of piperazine rings is 1. The summed E-state index contributed by atoms with van der Waals surface area (Å²) in [5.41, 5.74) is 1.44. The van der Waals surface area contributed by atoms with Crippen LogP contribution in [0.4, 0.5) is 10.1 Å². The summed E-state index contributed by atoms with van der Waals surface area (Å²) in [6.07, 6.45) is 0.701. The summed E-state index contributed by atoms with van der Waals surface area (Å²) in [5, 5.41) is 14.7. The molecule has 1 aromatic carbocycles. The van der Waals surface area contributed by atoms with E-state index in [0.717, 1.165) is 5.56 Å². The molecule has 0 atom stereocenters. The highest BCUT2D eigenvalue weighted by Crippen LogP contribution is 2.21. The van der Waals surface area contributed by atoms with Gasteiger partial charge in [-0.2, -0.15) is 11.3 Å². The lowest BCUT2D eigenvalue weighted by Gasteiger charge is -2.34. The van der Waals surface area contributed by atoms with E-state index in [1.807, 2.05) is 21.7 Å². The van der Waals surface area contributed by atoms with Gasteiger partial charge in [-0.25, -0.2) is 4.39 Å². The Hall–Kier alpha value is -3.11. The minimum atomic E-state index is -0.346. The zero-order valence-electron chi connectivity index (χ0n) is 16.8. The average Bonchev–Trinajstić information content (AvgIpc) is 3.46. The molecule has 3 heterocycles. The van der Waals surface area contributed by atoms with E-state index in [9.17, 15) is 14.0 Å². The Morgan fingerprint density at radius 1 is 1.10 bits per heavy atom. The maximum Gasteiger partial charge on any atom is 0.248 e. The fourth-order valence-corrected chi connectivity index (χ4v) is 3.95. The van der Waals surface area contributed by atoms with Gasteiger partial charge in [0, 0.05) is 55.7 Å². The van der Waals surface area contributed by atoms with Crippen LogP contribution in [0.2, 0.25) is 0 Å². The number of anilines is 1. The highest BCUT2D eigenvalue weighted by molar-refractivity contribution is 7.08. The second-order valence-corrected chi connectivity index (χ2v) is 8.01. The predicted molar refractivity (Wildman–Crippen MR) is 114 cm³/mol. The van der Waals surface area contributed by atoms with Crippen LogP contribution < -0.4 is 5.32 Å². The molecule has 2 amide bonds. The number of thiophene rings is 1. The van der Waals surface area contributed by atoms with Gasteiger partial charge in [0.25, 0.3) is 0 Å². The summed E-state index contributed by atoms with van der Waals surface area (Å²) in [6, 6.07) is 7.56. The molecule has 10 heteroatoms.